The largest absolute Gasteiger partial charge is 0.396 e. The van der Waals surface area contributed by atoms with Crippen LogP contribution in [-0.2, 0) is 0 Å². The predicted octanol–water partition coefficient (Wildman–Crippen LogP) is 0.839. The van der Waals surface area contributed by atoms with E-state index >= 15 is 0 Å². The van der Waals surface area contributed by atoms with Crippen molar-refractivity contribution in [2.75, 3.05) is 6.61 Å². The van der Waals surface area contributed by atoms with Gasteiger partial charge < -0.3 is 5.11 Å². The highest BCUT2D eigenvalue weighted by molar-refractivity contribution is 4.48. The molecule has 0 aromatic heterocycles. The van der Waals surface area contributed by atoms with Crippen LogP contribution in [0.3, 0.4) is 0 Å². The van der Waals surface area contributed by atoms with Crippen LogP contribution >= 0.6 is 0 Å². The van der Waals surface area contributed by atoms with Gasteiger partial charge in [0, 0.05) is 6.61 Å². The Morgan fingerprint density at radius 3 is 2.33 bits per heavy atom. The Morgan fingerprint density at radius 2 is 2.33 bits per heavy atom. The van der Waals surface area contributed by atoms with Gasteiger partial charge in [0.25, 0.3) is 0 Å². The minimum atomic E-state index is 0.267. The van der Waals surface area contributed by atoms with Crippen molar-refractivity contribution in [3.63, 3.8) is 0 Å². The number of aliphatic hydroxyl groups is 1. The fourth-order valence-corrected chi connectivity index (χ4v) is 0.0913. The quantitative estimate of drug-likeness (QED) is 0.529. The van der Waals surface area contributed by atoms with Crippen molar-refractivity contribution in [2.45, 2.75) is 13.3 Å². The summed E-state index contributed by atoms with van der Waals surface area (Å²) in [5.41, 5.74) is 0. The van der Waals surface area contributed by atoms with Gasteiger partial charge in [0.2, 0.25) is 0 Å². The first-order valence-corrected chi connectivity index (χ1v) is 2.21. The van der Waals surface area contributed by atoms with Crippen LogP contribution in [0.2, 0.25) is 0 Å². The van der Waals surface area contributed by atoms with Crippen LogP contribution in [0.4, 0.5) is 0 Å². The number of hydrogen-bond acceptors (Lipinski definition) is 1. The molecule has 0 aliphatic rings. The van der Waals surface area contributed by atoms with Crippen molar-refractivity contribution in [3.05, 3.63) is 6.92 Å². The summed E-state index contributed by atoms with van der Waals surface area (Å²) in [5.74, 6) is 0.380. The Balaban J connectivity index is 2.75. The van der Waals surface area contributed by atoms with Gasteiger partial charge in [-0.05, 0) is 12.3 Å². The number of aliphatic hydroxyl groups excluding tert-OH is 1. The summed E-state index contributed by atoms with van der Waals surface area (Å²) in [7, 11) is 0. The zero-order chi connectivity index (χ0) is 4.99. The van der Waals surface area contributed by atoms with E-state index in [2.05, 4.69) is 6.92 Å². The molecule has 37 valence electrons. The molecule has 0 aliphatic heterocycles. The highest BCUT2D eigenvalue weighted by atomic mass is 16.3. The first kappa shape index (κ1) is 5.96. The van der Waals surface area contributed by atoms with Gasteiger partial charge >= 0.3 is 0 Å². The van der Waals surface area contributed by atoms with Gasteiger partial charge in [-0.2, -0.15) is 0 Å². The topological polar surface area (TPSA) is 20.2 Å². The average molecular weight is 87.1 g/mol. The molecule has 0 aromatic carbocycles. The third-order valence-electron chi connectivity index (χ3n) is 0.804. The summed E-state index contributed by atoms with van der Waals surface area (Å²) in [6, 6.07) is 0. The second-order valence-corrected chi connectivity index (χ2v) is 1.58. The maximum atomic E-state index is 8.29. The molecule has 0 aliphatic carbocycles. The molecule has 1 N–H and O–H groups in total. The Morgan fingerprint density at radius 1 is 1.83 bits per heavy atom. The second kappa shape index (κ2) is 3.16. The molecular weight excluding hydrogens is 76.1 g/mol. The van der Waals surface area contributed by atoms with Crippen LogP contribution in [0.1, 0.15) is 13.3 Å². The Kier molecular flexibility index (Phi) is 3.14. The molecule has 1 unspecified atom stereocenters. The molecule has 0 rings (SSSR count). The first-order chi connectivity index (χ1) is 2.81. The summed E-state index contributed by atoms with van der Waals surface area (Å²) in [5, 5.41) is 8.29. The summed E-state index contributed by atoms with van der Waals surface area (Å²) in [4.78, 5) is 0. The van der Waals surface area contributed by atoms with Crippen molar-refractivity contribution in [1.29, 1.82) is 0 Å². The van der Waals surface area contributed by atoms with Crippen molar-refractivity contribution < 1.29 is 5.11 Å². The zero-order valence-electron chi connectivity index (χ0n) is 4.15. The van der Waals surface area contributed by atoms with Crippen LogP contribution in [0, 0.1) is 12.8 Å². The molecule has 0 fully saturated rings. The summed E-state index contributed by atoms with van der Waals surface area (Å²) in [6.07, 6.45) is 0.830. The molecule has 0 heterocycles. The van der Waals surface area contributed by atoms with Gasteiger partial charge in [0.1, 0.15) is 0 Å². The van der Waals surface area contributed by atoms with Gasteiger partial charge in [-0.3, -0.25) is 0 Å². The van der Waals surface area contributed by atoms with E-state index in [1.165, 1.54) is 0 Å². The average Bonchev–Trinajstić information content (AvgIpc) is 1.65. The van der Waals surface area contributed by atoms with Crippen molar-refractivity contribution >= 4 is 0 Å². The molecule has 0 aromatic rings. The summed E-state index contributed by atoms with van der Waals surface area (Å²) < 4.78 is 0. The molecule has 1 heteroatoms. The molecule has 6 heavy (non-hydrogen) atoms. The van der Waals surface area contributed by atoms with Gasteiger partial charge in [-0.15, -0.1) is 0 Å². The van der Waals surface area contributed by atoms with Crippen LogP contribution < -0.4 is 0 Å². The minimum Gasteiger partial charge on any atom is -0.396 e. The smallest absolute Gasteiger partial charge is 0.0456 e. The monoisotopic (exact) mass is 87.1 g/mol. The van der Waals surface area contributed by atoms with Gasteiger partial charge in [-0.1, -0.05) is 13.8 Å². The van der Waals surface area contributed by atoms with E-state index in [0.29, 0.717) is 5.92 Å². The molecule has 1 atom stereocenters. The standard InChI is InChI=1S/C5H11O/c1-3-5(2)4-6/h5-6H,1,3-4H2,2H3. The van der Waals surface area contributed by atoms with Crippen molar-refractivity contribution in [1.82, 2.24) is 0 Å². The highest BCUT2D eigenvalue weighted by Gasteiger charge is 1.90. The van der Waals surface area contributed by atoms with Gasteiger partial charge in [0.05, 0.1) is 0 Å². The van der Waals surface area contributed by atoms with Crippen LogP contribution in [-0.4, -0.2) is 11.7 Å². The lowest BCUT2D eigenvalue weighted by Gasteiger charge is -1.97. The third kappa shape index (κ3) is 2.21. The Hall–Kier alpha value is -0.0400. The number of rotatable bonds is 2. The van der Waals surface area contributed by atoms with E-state index in [1.807, 2.05) is 6.92 Å². The lowest BCUT2D eigenvalue weighted by molar-refractivity contribution is 0.238. The minimum absolute atomic E-state index is 0.267. The predicted molar refractivity (Wildman–Crippen MR) is 26.2 cm³/mol. The Bertz CT molecular complexity index is 23.1. The van der Waals surface area contributed by atoms with E-state index in [-0.39, 0.29) is 6.61 Å². The van der Waals surface area contributed by atoms with Crippen LogP contribution in [0.25, 0.3) is 0 Å². The van der Waals surface area contributed by atoms with E-state index in [9.17, 15) is 0 Å². The van der Waals surface area contributed by atoms with E-state index < -0.39 is 0 Å². The fraction of sp³-hybridized carbons (Fsp3) is 0.800. The molecule has 0 amide bonds. The van der Waals surface area contributed by atoms with Crippen LogP contribution in [0.5, 0.6) is 0 Å². The third-order valence-corrected chi connectivity index (χ3v) is 0.804. The van der Waals surface area contributed by atoms with Crippen molar-refractivity contribution in [3.8, 4) is 0 Å². The number of hydrogen-bond donors (Lipinski definition) is 1. The maximum Gasteiger partial charge on any atom is 0.0456 e. The van der Waals surface area contributed by atoms with E-state index in [4.69, 9.17) is 5.11 Å². The fourth-order valence-electron chi connectivity index (χ4n) is 0.0913. The molecule has 1 nitrogen and oxygen atoms in total. The SMILES string of the molecule is [CH2]CC(C)CO. The molecule has 0 bridgehead atoms. The van der Waals surface area contributed by atoms with Crippen LogP contribution in [0.15, 0.2) is 0 Å². The summed E-state index contributed by atoms with van der Waals surface area (Å²) in [6.45, 7) is 5.83. The molecule has 1 radical (unpaired) electrons. The lowest BCUT2D eigenvalue weighted by Crippen LogP contribution is -1.96. The lowest BCUT2D eigenvalue weighted by atomic mass is 10.1. The molecule has 0 spiro atoms. The molecule has 0 saturated heterocycles. The zero-order valence-corrected chi connectivity index (χ0v) is 4.15. The Labute approximate surface area is 39.0 Å². The van der Waals surface area contributed by atoms with Crippen molar-refractivity contribution in [2.24, 2.45) is 5.92 Å². The summed E-state index contributed by atoms with van der Waals surface area (Å²) >= 11 is 0. The normalized spacial score (nSPS) is 14.5. The van der Waals surface area contributed by atoms with Gasteiger partial charge in [0.15, 0.2) is 0 Å². The molecular formula is C5H11O. The van der Waals surface area contributed by atoms with E-state index in [1.54, 1.807) is 0 Å². The maximum absolute atomic E-state index is 8.29. The first-order valence-electron chi connectivity index (χ1n) is 2.21. The molecule has 0 saturated carbocycles. The van der Waals surface area contributed by atoms with E-state index in [0.717, 1.165) is 6.42 Å². The van der Waals surface area contributed by atoms with Gasteiger partial charge in [-0.25, -0.2) is 0 Å². The second-order valence-electron chi connectivity index (χ2n) is 1.58. The highest BCUT2D eigenvalue weighted by Crippen LogP contribution is 1.94.